The number of carbonyl (C=O) groups is 1. The Kier molecular flexibility index (Phi) is 4.04. The second-order valence-electron chi connectivity index (χ2n) is 5.57. The number of carbonyl (C=O) groups excluding carboxylic acids is 1. The Morgan fingerprint density at radius 2 is 2.05 bits per heavy atom. The van der Waals surface area contributed by atoms with Crippen molar-refractivity contribution in [2.45, 2.75) is 32.5 Å². The molecule has 1 aromatic rings. The molecule has 1 aliphatic carbocycles. The molecular formula is C14H17F3N2O. The number of rotatable bonds is 5. The van der Waals surface area contributed by atoms with Crippen LogP contribution in [0.1, 0.15) is 25.3 Å². The van der Waals surface area contributed by atoms with Gasteiger partial charge in [-0.15, -0.1) is 0 Å². The molecule has 0 spiro atoms. The average Bonchev–Trinajstić information content (AvgIpc) is 3.06. The highest BCUT2D eigenvalue weighted by atomic mass is 19.4. The number of hydrogen-bond acceptors (Lipinski definition) is 2. The van der Waals surface area contributed by atoms with Crippen molar-refractivity contribution < 1.29 is 18.0 Å². The number of anilines is 1. The average molecular weight is 286 g/mol. The Morgan fingerprint density at radius 3 is 2.65 bits per heavy atom. The molecule has 110 valence electrons. The van der Waals surface area contributed by atoms with Gasteiger partial charge in [-0.3, -0.25) is 4.79 Å². The third kappa shape index (κ3) is 4.23. The van der Waals surface area contributed by atoms with Crippen molar-refractivity contribution in [2.75, 3.05) is 11.9 Å². The van der Waals surface area contributed by atoms with Gasteiger partial charge >= 0.3 is 12.1 Å². The zero-order valence-corrected chi connectivity index (χ0v) is 11.2. The molecule has 0 aliphatic heterocycles. The van der Waals surface area contributed by atoms with Gasteiger partial charge in [0.1, 0.15) is 0 Å². The maximum Gasteiger partial charge on any atom is 0.471 e. The van der Waals surface area contributed by atoms with Crippen molar-refractivity contribution in [2.24, 2.45) is 5.41 Å². The van der Waals surface area contributed by atoms with Gasteiger partial charge in [-0.1, -0.05) is 19.1 Å². The Balaban J connectivity index is 1.88. The number of halogens is 3. The highest BCUT2D eigenvalue weighted by Crippen LogP contribution is 2.44. The molecule has 1 amide bonds. The number of alkyl halides is 3. The van der Waals surface area contributed by atoms with Crippen LogP contribution in [-0.4, -0.2) is 18.6 Å². The van der Waals surface area contributed by atoms with E-state index in [0.717, 1.165) is 12.1 Å². The largest absolute Gasteiger partial charge is 0.471 e. The first kappa shape index (κ1) is 14.8. The molecule has 0 heterocycles. The SMILES string of the molecule is CC1(CNCc2cccc(NC(=O)C(F)(F)F)c2)CC1. The molecule has 0 saturated heterocycles. The summed E-state index contributed by atoms with van der Waals surface area (Å²) in [6, 6.07) is 6.43. The summed E-state index contributed by atoms with van der Waals surface area (Å²) in [5, 5.41) is 5.13. The van der Waals surface area contributed by atoms with Crippen LogP contribution in [-0.2, 0) is 11.3 Å². The van der Waals surface area contributed by atoms with Gasteiger partial charge < -0.3 is 10.6 Å². The lowest BCUT2D eigenvalue weighted by atomic mass is 10.1. The van der Waals surface area contributed by atoms with Crippen LogP contribution in [0.5, 0.6) is 0 Å². The van der Waals surface area contributed by atoms with E-state index in [0.29, 0.717) is 12.0 Å². The maximum atomic E-state index is 12.2. The Hall–Kier alpha value is -1.56. The molecule has 0 aromatic heterocycles. The summed E-state index contributed by atoms with van der Waals surface area (Å²) in [5.74, 6) is -1.95. The molecule has 1 aliphatic rings. The van der Waals surface area contributed by atoms with E-state index in [4.69, 9.17) is 0 Å². The highest BCUT2D eigenvalue weighted by molar-refractivity contribution is 5.94. The summed E-state index contributed by atoms with van der Waals surface area (Å²) in [4.78, 5) is 10.8. The highest BCUT2D eigenvalue weighted by Gasteiger charge is 2.38. The molecule has 0 unspecified atom stereocenters. The minimum absolute atomic E-state index is 0.157. The lowest BCUT2D eigenvalue weighted by Crippen LogP contribution is -2.30. The Bertz CT molecular complexity index is 495. The van der Waals surface area contributed by atoms with E-state index in [2.05, 4.69) is 12.2 Å². The summed E-state index contributed by atoms with van der Waals surface area (Å²) in [7, 11) is 0. The summed E-state index contributed by atoms with van der Waals surface area (Å²) >= 11 is 0. The van der Waals surface area contributed by atoms with E-state index in [-0.39, 0.29) is 5.69 Å². The van der Waals surface area contributed by atoms with E-state index in [1.54, 1.807) is 12.1 Å². The predicted molar refractivity (Wildman–Crippen MR) is 70.2 cm³/mol. The van der Waals surface area contributed by atoms with E-state index < -0.39 is 12.1 Å². The predicted octanol–water partition coefficient (Wildman–Crippen LogP) is 3.08. The van der Waals surface area contributed by atoms with Crippen LogP contribution >= 0.6 is 0 Å². The first-order valence-corrected chi connectivity index (χ1v) is 6.46. The van der Waals surface area contributed by atoms with Gasteiger partial charge in [0.15, 0.2) is 0 Å². The molecule has 0 bridgehead atoms. The van der Waals surface area contributed by atoms with Crippen LogP contribution in [0.25, 0.3) is 0 Å². The molecule has 2 N–H and O–H groups in total. The van der Waals surface area contributed by atoms with Crippen molar-refractivity contribution in [3.8, 4) is 0 Å². The van der Waals surface area contributed by atoms with E-state index in [9.17, 15) is 18.0 Å². The van der Waals surface area contributed by atoms with Gasteiger partial charge in [0.05, 0.1) is 0 Å². The van der Waals surface area contributed by atoms with Crippen molar-refractivity contribution in [1.29, 1.82) is 0 Å². The molecule has 1 aromatic carbocycles. The summed E-state index contributed by atoms with van der Waals surface area (Å²) in [6.07, 6.45) is -2.45. The summed E-state index contributed by atoms with van der Waals surface area (Å²) in [6.45, 7) is 3.66. The van der Waals surface area contributed by atoms with E-state index in [1.807, 2.05) is 11.4 Å². The van der Waals surface area contributed by atoms with Crippen molar-refractivity contribution in [3.63, 3.8) is 0 Å². The fourth-order valence-corrected chi connectivity index (χ4v) is 1.86. The topological polar surface area (TPSA) is 41.1 Å². The van der Waals surface area contributed by atoms with Gasteiger partial charge in [-0.2, -0.15) is 13.2 Å². The lowest BCUT2D eigenvalue weighted by molar-refractivity contribution is -0.167. The van der Waals surface area contributed by atoms with E-state index >= 15 is 0 Å². The molecule has 6 heteroatoms. The molecule has 3 nitrogen and oxygen atoms in total. The number of nitrogens with one attached hydrogen (secondary N) is 2. The summed E-state index contributed by atoms with van der Waals surface area (Å²) in [5.41, 5.74) is 1.38. The smallest absolute Gasteiger partial charge is 0.318 e. The van der Waals surface area contributed by atoms with Gasteiger partial charge in [-0.05, 0) is 36.0 Å². The third-order valence-corrected chi connectivity index (χ3v) is 3.43. The first-order valence-electron chi connectivity index (χ1n) is 6.46. The second kappa shape index (κ2) is 5.44. The maximum absolute atomic E-state index is 12.2. The summed E-state index contributed by atoms with van der Waals surface area (Å²) < 4.78 is 36.5. The quantitative estimate of drug-likeness (QED) is 0.873. The zero-order valence-electron chi connectivity index (χ0n) is 11.2. The van der Waals surface area contributed by atoms with Crippen molar-refractivity contribution in [1.82, 2.24) is 5.32 Å². The number of benzene rings is 1. The van der Waals surface area contributed by atoms with Crippen LogP contribution in [0.15, 0.2) is 24.3 Å². The van der Waals surface area contributed by atoms with Crippen LogP contribution in [0.3, 0.4) is 0 Å². The molecule has 2 rings (SSSR count). The normalized spacial score (nSPS) is 16.8. The fourth-order valence-electron chi connectivity index (χ4n) is 1.86. The van der Waals surface area contributed by atoms with Crippen LogP contribution in [0, 0.1) is 5.41 Å². The second-order valence-corrected chi connectivity index (χ2v) is 5.57. The zero-order chi connectivity index (χ0) is 14.8. The Morgan fingerprint density at radius 1 is 1.35 bits per heavy atom. The van der Waals surface area contributed by atoms with Crippen molar-refractivity contribution in [3.05, 3.63) is 29.8 Å². The minimum Gasteiger partial charge on any atom is -0.318 e. The molecule has 0 atom stereocenters. The number of amides is 1. The molecule has 0 radical (unpaired) electrons. The minimum atomic E-state index is -4.87. The number of hydrogen-bond donors (Lipinski definition) is 2. The van der Waals surface area contributed by atoms with Crippen LogP contribution < -0.4 is 10.6 Å². The van der Waals surface area contributed by atoms with Gasteiger partial charge in [0.25, 0.3) is 0 Å². The van der Waals surface area contributed by atoms with Gasteiger partial charge in [0.2, 0.25) is 0 Å². The lowest BCUT2D eigenvalue weighted by Gasteiger charge is -2.12. The fraction of sp³-hybridized carbons (Fsp3) is 0.500. The van der Waals surface area contributed by atoms with Crippen LogP contribution in [0.4, 0.5) is 18.9 Å². The standard InChI is InChI=1S/C14H17F3N2O/c1-13(5-6-13)9-18-8-10-3-2-4-11(7-10)19-12(20)14(15,16)17/h2-4,7,18H,5-6,8-9H2,1H3,(H,19,20). The first-order chi connectivity index (χ1) is 9.28. The van der Waals surface area contributed by atoms with Gasteiger partial charge in [0, 0.05) is 18.8 Å². The van der Waals surface area contributed by atoms with Crippen molar-refractivity contribution >= 4 is 11.6 Å². The molecule has 20 heavy (non-hydrogen) atoms. The van der Waals surface area contributed by atoms with Crippen LogP contribution in [0.2, 0.25) is 0 Å². The van der Waals surface area contributed by atoms with E-state index in [1.165, 1.54) is 18.9 Å². The molecule has 1 fully saturated rings. The Labute approximate surface area is 115 Å². The monoisotopic (exact) mass is 286 g/mol. The third-order valence-electron chi connectivity index (χ3n) is 3.43. The molecular weight excluding hydrogens is 269 g/mol. The van der Waals surface area contributed by atoms with Gasteiger partial charge in [-0.25, -0.2) is 0 Å². The molecule has 1 saturated carbocycles.